The number of benzene rings is 1. The van der Waals surface area contributed by atoms with E-state index in [1.165, 1.54) is 18.9 Å². The molecule has 0 aliphatic heterocycles. The highest BCUT2D eigenvalue weighted by Crippen LogP contribution is 2.32. The predicted molar refractivity (Wildman–Crippen MR) is 75.8 cm³/mol. The summed E-state index contributed by atoms with van der Waals surface area (Å²) in [5.74, 6) is 0.794. The summed E-state index contributed by atoms with van der Waals surface area (Å²) in [6.07, 6.45) is 2.60. The van der Waals surface area contributed by atoms with Crippen LogP contribution in [0.15, 0.2) is 18.2 Å². The van der Waals surface area contributed by atoms with Crippen molar-refractivity contribution in [2.45, 2.75) is 39.3 Å². The van der Waals surface area contributed by atoms with E-state index in [9.17, 15) is 10.1 Å². The van der Waals surface area contributed by atoms with Crippen LogP contribution >= 0.6 is 0 Å². The van der Waals surface area contributed by atoms with Crippen molar-refractivity contribution in [1.82, 2.24) is 4.90 Å². The summed E-state index contributed by atoms with van der Waals surface area (Å²) in [4.78, 5) is 12.8. The average molecular weight is 263 g/mol. The van der Waals surface area contributed by atoms with Crippen LogP contribution in [0.5, 0.6) is 0 Å². The zero-order valence-corrected chi connectivity index (χ0v) is 11.5. The molecule has 1 aliphatic carbocycles. The van der Waals surface area contributed by atoms with Crippen molar-refractivity contribution in [3.63, 3.8) is 0 Å². The first kappa shape index (κ1) is 13.8. The summed E-state index contributed by atoms with van der Waals surface area (Å²) in [5.41, 5.74) is 7.07. The van der Waals surface area contributed by atoms with Crippen LogP contribution in [-0.4, -0.2) is 22.4 Å². The Morgan fingerprint density at radius 1 is 1.47 bits per heavy atom. The molecule has 0 radical (unpaired) electrons. The van der Waals surface area contributed by atoms with E-state index in [0.29, 0.717) is 18.3 Å². The van der Waals surface area contributed by atoms with Crippen molar-refractivity contribution in [2.24, 2.45) is 5.92 Å². The SMILES string of the molecule is CC(C)N(Cc1cccc([N+](=O)[O-])c1N)CC1CC1. The molecular weight excluding hydrogens is 242 g/mol. The van der Waals surface area contributed by atoms with Crippen LogP contribution in [0.1, 0.15) is 32.3 Å². The smallest absolute Gasteiger partial charge is 0.292 e. The summed E-state index contributed by atoms with van der Waals surface area (Å²) >= 11 is 0. The minimum absolute atomic E-state index is 0.00706. The van der Waals surface area contributed by atoms with Gasteiger partial charge in [-0.2, -0.15) is 0 Å². The van der Waals surface area contributed by atoms with Gasteiger partial charge in [-0.05, 0) is 38.2 Å². The number of nitro groups is 1. The molecule has 1 aliphatic rings. The van der Waals surface area contributed by atoms with E-state index >= 15 is 0 Å². The Balaban J connectivity index is 2.15. The van der Waals surface area contributed by atoms with Gasteiger partial charge in [0.15, 0.2) is 0 Å². The lowest BCUT2D eigenvalue weighted by molar-refractivity contribution is -0.384. The van der Waals surface area contributed by atoms with Crippen LogP contribution in [0, 0.1) is 16.0 Å². The van der Waals surface area contributed by atoms with Crippen LogP contribution in [0.2, 0.25) is 0 Å². The molecule has 19 heavy (non-hydrogen) atoms. The quantitative estimate of drug-likeness (QED) is 0.486. The Morgan fingerprint density at radius 2 is 2.16 bits per heavy atom. The van der Waals surface area contributed by atoms with E-state index in [1.54, 1.807) is 6.07 Å². The topological polar surface area (TPSA) is 72.4 Å². The van der Waals surface area contributed by atoms with E-state index in [0.717, 1.165) is 18.0 Å². The molecule has 104 valence electrons. The fourth-order valence-electron chi connectivity index (χ4n) is 2.21. The third-order valence-corrected chi connectivity index (χ3v) is 3.66. The number of nitro benzene ring substituents is 1. The van der Waals surface area contributed by atoms with Crippen molar-refractivity contribution >= 4 is 11.4 Å². The minimum Gasteiger partial charge on any atom is -0.393 e. The van der Waals surface area contributed by atoms with Gasteiger partial charge < -0.3 is 5.73 Å². The molecular formula is C14H21N3O2. The molecule has 1 saturated carbocycles. The molecule has 0 saturated heterocycles. The van der Waals surface area contributed by atoms with E-state index in [4.69, 9.17) is 5.73 Å². The van der Waals surface area contributed by atoms with E-state index in [2.05, 4.69) is 18.7 Å². The summed E-state index contributed by atoms with van der Waals surface area (Å²) in [5, 5.41) is 10.9. The summed E-state index contributed by atoms with van der Waals surface area (Å²) in [6.45, 7) is 6.04. The van der Waals surface area contributed by atoms with Crippen molar-refractivity contribution in [3.8, 4) is 0 Å². The lowest BCUT2D eigenvalue weighted by Crippen LogP contribution is -2.32. The third kappa shape index (κ3) is 3.44. The lowest BCUT2D eigenvalue weighted by Gasteiger charge is -2.27. The highest BCUT2D eigenvalue weighted by atomic mass is 16.6. The van der Waals surface area contributed by atoms with Crippen LogP contribution in [0.4, 0.5) is 11.4 Å². The van der Waals surface area contributed by atoms with Crippen LogP contribution in [0.25, 0.3) is 0 Å². The first-order valence-corrected chi connectivity index (χ1v) is 6.75. The highest BCUT2D eigenvalue weighted by molar-refractivity contribution is 5.62. The maximum atomic E-state index is 10.9. The second kappa shape index (κ2) is 5.57. The fraction of sp³-hybridized carbons (Fsp3) is 0.571. The molecule has 2 rings (SSSR count). The minimum atomic E-state index is -0.417. The molecule has 1 aromatic carbocycles. The van der Waals surface area contributed by atoms with E-state index in [-0.39, 0.29) is 5.69 Å². The molecule has 0 heterocycles. The van der Waals surface area contributed by atoms with Crippen LogP contribution in [0.3, 0.4) is 0 Å². The zero-order valence-electron chi connectivity index (χ0n) is 11.5. The Hall–Kier alpha value is -1.62. The molecule has 0 spiro atoms. The Bertz CT molecular complexity index is 470. The van der Waals surface area contributed by atoms with Gasteiger partial charge in [-0.1, -0.05) is 12.1 Å². The number of nitrogens with two attached hydrogens (primary N) is 1. The predicted octanol–water partition coefficient (Wildman–Crippen LogP) is 2.80. The third-order valence-electron chi connectivity index (χ3n) is 3.66. The number of nitrogens with zero attached hydrogens (tertiary/aromatic N) is 2. The number of nitrogen functional groups attached to an aromatic ring is 1. The molecule has 5 nitrogen and oxygen atoms in total. The van der Waals surface area contributed by atoms with Gasteiger partial charge in [0.2, 0.25) is 0 Å². The largest absolute Gasteiger partial charge is 0.393 e. The second-order valence-electron chi connectivity index (χ2n) is 5.57. The van der Waals surface area contributed by atoms with Gasteiger partial charge in [-0.15, -0.1) is 0 Å². The Labute approximate surface area is 113 Å². The van der Waals surface area contributed by atoms with Crippen molar-refractivity contribution in [2.75, 3.05) is 12.3 Å². The average Bonchev–Trinajstić information content (AvgIpc) is 3.14. The van der Waals surface area contributed by atoms with Crippen molar-refractivity contribution in [3.05, 3.63) is 33.9 Å². The Kier molecular flexibility index (Phi) is 4.04. The molecule has 2 N–H and O–H groups in total. The van der Waals surface area contributed by atoms with Gasteiger partial charge in [0.05, 0.1) is 4.92 Å². The maximum absolute atomic E-state index is 10.9. The summed E-state index contributed by atoms with van der Waals surface area (Å²) in [7, 11) is 0. The Morgan fingerprint density at radius 3 is 2.68 bits per heavy atom. The van der Waals surface area contributed by atoms with Gasteiger partial charge >= 0.3 is 0 Å². The number of hydrogen-bond acceptors (Lipinski definition) is 4. The van der Waals surface area contributed by atoms with Gasteiger partial charge in [0.1, 0.15) is 5.69 Å². The second-order valence-corrected chi connectivity index (χ2v) is 5.57. The number of hydrogen-bond donors (Lipinski definition) is 1. The molecule has 5 heteroatoms. The van der Waals surface area contributed by atoms with Gasteiger partial charge in [-0.25, -0.2) is 0 Å². The number of anilines is 1. The first-order chi connectivity index (χ1) is 8.99. The summed E-state index contributed by atoms with van der Waals surface area (Å²) < 4.78 is 0. The molecule has 0 aromatic heterocycles. The monoisotopic (exact) mass is 263 g/mol. The van der Waals surface area contributed by atoms with Crippen molar-refractivity contribution < 1.29 is 4.92 Å². The van der Waals surface area contributed by atoms with E-state index < -0.39 is 4.92 Å². The van der Waals surface area contributed by atoms with Gasteiger partial charge in [0, 0.05) is 25.2 Å². The summed E-state index contributed by atoms with van der Waals surface area (Å²) in [6, 6.07) is 5.46. The van der Waals surface area contributed by atoms with E-state index in [1.807, 2.05) is 6.07 Å². The van der Waals surface area contributed by atoms with Crippen LogP contribution in [-0.2, 0) is 6.54 Å². The normalized spacial score (nSPS) is 15.2. The first-order valence-electron chi connectivity index (χ1n) is 6.75. The van der Waals surface area contributed by atoms with Gasteiger partial charge in [0.25, 0.3) is 5.69 Å². The number of rotatable bonds is 6. The standard InChI is InChI=1S/C14H21N3O2/c1-10(2)16(8-11-6-7-11)9-12-4-3-5-13(14(12)15)17(18)19/h3-5,10-11H,6-9,15H2,1-2H3. The van der Waals surface area contributed by atoms with Crippen molar-refractivity contribution in [1.29, 1.82) is 0 Å². The highest BCUT2D eigenvalue weighted by Gasteiger charge is 2.26. The molecule has 1 fully saturated rings. The molecule has 0 bridgehead atoms. The van der Waals surface area contributed by atoms with Gasteiger partial charge in [-0.3, -0.25) is 15.0 Å². The zero-order chi connectivity index (χ0) is 14.0. The molecule has 1 aromatic rings. The molecule has 0 atom stereocenters. The number of para-hydroxylation sites is 1. The molecule has 0 amide bonds. The van der Waals surface area contributed by atoms with Crippen LogP contribution < -0.4 is 5.73 Å². The lowest BCUT2D eigenvalue weighted by atomic mass is 10.1. The maximum Gasteiger partial charge on any atom is 0.292 e. The molecule has 0 unspecified atom stereocenters. The fourth-order valence-corrected chi connectivity index (χ4v) is 2.21.